The second-order valence-electron chi connectivity index (χ2n) is 4.33. The first-order chi connectivity index (χ1) is 6.43. The third kappa shape index (κ3) is 2.05. The van der Waals surface area contributed by atoms with Gasteiger partial charge in [0.05, 0.1) is 5.92 Å². The smallest absolute Gasteiger partial charge is 0.321 e. The minimum absolute atomic E-state index is 0.103. The van der Waals surface area contributed by atoms with Crippen molar-refractivity contribution in [2.24, 2.45) is 11.8 Å². The Morgan fingerprint density at radius 1 is 1.36 bits per heavy atom. The summed E-state index contributed by atoms with van der Waals surface area (Å²) in [5, 5.41) is 2.36. The molecule has 2 unspecified atom stereocenters. The lowest BCUT2D eigenvalue weighted by Gasteiger charge is -2.36. The zero-order valence-corrected chi connectivity index (χ0v) is 9.20. The Bertz CT molecular complexity index is 251. The van der Waals surface area contributed by atoms with E-state index in [9.17, 15) is 9.59 Å². The largest absolute Gasteiger partial charge is 0.324 e. The van der Waals surface area contributed by atoms with Crippen molar-refractivity contribution in [3.63, 3.8) is 0 Å². The first-order valence-corrected chi connectivity index (χ1v) is 5.05. The van der Waals surface area contributed by atoms with Gasteiger partial charge in [-0.15, -0.1) is 0 Å². The fourth-order valence-electron chi connectivity index (χ4n) is 1.47. The lowest BCUT2D eigenvalue weighted by atomic mass is 10.0. The van der Waals surface area contributed by atoms with Gasteiger partial charge in [0.1, 0.15) is 0 Å². The first kappa shape index (κ1) is 11.0. The second-order valence-corrected chi connectivity index (χ2v) is 4.33. The lowest BCUT2D eigenvalue weighted by Crippen LogP contribution is -2.57. The molecule has 0 aromatic heterocycles. The molecule has 0 bridgehead atoms. The van der Waals surface area contributed by atoms with Crippen LogP contribution in [0.2, 0.25) is 0 Å². The number of carbonyl (C=O) groups excluding carboxylic acids is 2. The second kappa shape index (κ2) is 3.98. The van der Waals surface area contributed by atoms with E-state index in [1.165, 1.54) is 0 Å². The highest BCUT2D eigenvalue weighted by Gasteiger charge is 2.32. The molecule has 1 aliphatic heterocycles. The molecule has 1 saturated heterocycles. The van der Waals surface area contributed by atoms with Crippen molar-refractivity contribution >= 4 is 11.9 Å². The van der Waals surface area contributed by atoms with Gasteiger partial charge < -0.3 is 4.90 Å². The van der Waals surface area contributed by atoms with E-state index >= 15 is 0 Å². The van der Waals surface area contributed by atoms with E-state index in [4.69, 9.17) is 0 Å². The molecule has 0 spiro atoms. The van der Waals surface area contributed by atoms with E-state index in [-0.39, 0.29) is 23.9 Å². The lowest BCUT2D eigenvalue weighted by molar-refractivity contribution is -0.125. The van der Waals surface area contributed by atoms with Gasteiger partial charge in [-0.3, -0.25) is 10.1 Å². The zero-order chi connectivity index (χ0) is 10.9. The maximum atomic E-state index is 11.5. The number of carbonyl (C=O) groups is 2. The Kier molecular flexibility index (Phi) is 3.13. The van der Waals surface area contributed by atoms with Crippen LogP contribution in [0, 0.1) is 11.8 Å². The average Bonchev–Trinajstić information content (AvgIpc) is 2.10. The highest BCUT2D eigenvalue weighted by molar-refractivity contribution is 5.97. The molecule has 1 aliphatic rings. The number of urea groups is 1. The number of hydrogen-bond acceptors (Lipinski definition) is 2. The Morgan fingerprint density at radius 2 is 1.93 bits per heavy atom. The van der Waals surface area contributed by atoms with Crippen LogP contribution in [-0.4, -0.2) is 29.4 Å². The Hall–Kier alpha value is -1.06. The summed E-state index contributed by atoms with van der Waals surface area (Å²) in [7, 11) is 0. The quantitative estimate of drug-likeness (QED) is 0.725. The van der Waals surface area contributed by atoms with Gasteiger partial charge in [0.2, 0.25) is 5.91 Å². The topological polar surface area (TPSA) is 49.4 Å². The minimum Gasteiger partial charge on any atom is -0.321 e. The SMILES string of the molecule is CC1CN(C(C)C(C)C)C(=O)NC1=O. The summed E-state index contributed by atoms with van der Waals surface area (Å²) >= 11 is 0. The molecule has 14 heavy (non-hydrogen) atoms. The Morgan fingerprint density at radius 3 is 2.43 bits per heavy atom. The Labute approximate surface area is 84.7 Å². The summed E-state index contributed by atoms with van der Waals surface area (Å²) in [5.74, 6) is 0.136. The maximum absolute atomic E-state index is 11.5. The molecule has 2 atom stereocenters. The van der Waals surface area contributed by atoms with Gasteiger partial charge in [-0.25, -0.2) is 4.79 Å². The van der Waals surface area contributed by atoms with Gasteiger partial charge in [0.15, 0.2) is 0 Å². The van der Waals surface area contributed by atoms with Gasteiger partial charge in [-0.05, 0) is 12.8 Å². The minimum atomic E-state index is -0.255. The van der Waals surface area contributed by atoms with Crippen molar-refractivity contribution in [1.82, 2.24) is 10.2 Å². The molecule has 4 heteroatoms. The monoisotopic (exact) mass is 198 g/mol. The highest BCUT2D eigenvalue weighted by Crippen LogP contribution is 2.15. The van der Waals surface area contributed by atoms with Crippen LogP contribution in [0.4, 0.5) is 4.79 Å². The molecule has 3 amide bonds. The molecule has 0 aromatic carbocycles. The highest BCUT2D eigenvalue weighted by atomic mass is 16.2. The van der Waals surface area contributed by atoms with Crippen LogP contribution >= 0.6 is 0 Å². The molecule has 0 saturated carbocycles. The zero-order valence-electron chi connectivity index (χ0n) is 9.20. The number of amides is 3. The number of nitrogens with one attached hydrogen (secondary N) is 1. The molecule has 0 aromatic rings. The Balaban J connectivity index is 2.70. The normalized spacial score (nSPS) is 25.2. The van der Waals surface area contributed by atoms with E-state index in [0.717, 1.165) is 0 Å². The number of imide groups is 1. The molecule has 80 valence electrons. The van der Waals surface area contributed by atoms with Crippen LogP contribution in [0.15, 0.2) is 0 Å². The van der Waals surface area contributed by atoms with E-state index in [0.29, 0.717) is 12.5 Å². The van der Waals surface area contributed by atoms with Crippen molar-refractivity contribution in [1.29, 1.82) is 0 Å². The van der Waals surface area contributed by atoms with Crippen LogP contribution in [0.3, 0.4) is 0 Å². The summed E-state index contributed by atoms with van der Waals surface area (Å²) in [6, 6.07) is -0.0835. The van der Waals surface area contributed by atoms with Gasteiger partial charge in [0, 0.05) is 12.6 Å². The summed E-state index contributed by atoms with van der Waals surface area (Å²) in [4.78, 5) is 24.4. The van der Waals surface area contributed by atoms with Crippen LogP contribution in [-0.2, 0) is 4.79 Å². The fourth-order valence-corrected chi connectivity index (χ4v) is 1.47. The summed E-state index contributed by atoms with van der Waals surface area (Å²) in [6.45, 7) is 8.51. The van der Waals surface area contributed by atoms with E-state index in [1.807, 2.05) is 13.8 Å². The molecule has 0 radical (unpaired) electrons. The van der Waals surface area contributed by atoms with Crippen molar-refractivity contribution < 1.29 is 9.59 Å². The van der Waals surface area contributed by atoms with Crippen LogP contribution in [0.1, 0.15) is 27.7 Å². The molecular formula is C10H18N2O2. The third-order valence-corrected chi connectivity index (χ3v) is 2.87. The van der Waals surface area contributed by atoms with E-state index < -0.39 is 0 Å². The van der Waals surface area contributed by atoms with Crippen LogP contribution in [0.25, 0.3) is 0 Å². The van der Waals surface area contributed by atoms with Crippen LogP contribution in [0.5, 0.6) is 0 Å². The summed E-state index contributed by atoms with van der Waals surface area (Å²) < 4.78 is 0. The number of rotatable bonds is 2. The van der Waals surface area contributed by atoms with Gasteiger partial charge in [-0.1, -0.05) is 20.8 Å². The van der Waals surface area contributed by atoms with Gasteiger partial charge >= 0.3 is 6.03 Å². The standard InChI is InChI=1S/C10H18N2O2/c1-6(2)8(4)12-5-7(3)9(13)11-10(12)14/h6-8H,5H2,1-4H3,(H,11,13,14). The van der Waals surface area contributed by atoms with E-state index in [1.54, 1.807) is 4.90 Å². The fraction of sp³-hybridized carbons (Fsp3) is 0.800. The van der Waals surface area contributed by atoms with E-state index in [2.05, 4.69) is 19.2 Å². The van der Waals surface area contributed by atoms with Gasteiger partial charge in [0.25, 0.3) is 0 Å². The first-order valence-electron chi connectivity index (χ1n) is 5.05. The molecule has 1 fully saturated rings. The van der Waals surface area contributed by atoms with Crippen molar-refractivity contribution in [3.05, 3.63) is 0 Å². The van der Waals surface area contributed by atoms with Crippen LogP contribution < -0.4 is 5.32 Å². The van der Waals surface area contributed by atoms with Crippen molar-refractivity contribution in [2.75, 3.05) is 6.54 Å². The van der Waals surface area contributed by atoms with Gasteiger partial charge in [-0.2, -0.15) is 0 Å². The summed E-state index contributed by atoms with van der Waals surface area (Å²) in [6.07, 6.45) is 0. The van der Waals surface area contributed by atoms with Crippen molar-refractivity contribution in [2.45, 2.75) is 33.7 Å². The number of hydrogen-bond donors (Lipinski definition) is 1. The summed E-state index contributed by atoms with van der Waals surface area (Å²) in [5.41, 5.74) is 0. The third-order valence-electron chi connectivity index (χ3n) is 2.87. The number of nitrogens with zero attached hydrogens (tertiary/aromatic N) is 1. The molecular weight excluding hydrogens is 180 g/mol. The van der Waals surface area contributed by atoms with Crippen molar-refractivity contribution in [3.8, 4) is 0 Å². The molecule has 1 rings (SSSR count). The molecule has 0 aliphatic carbocycles. The molecule has 1 heterocycles. The average molecular weight is 198 g/mol. The molecule has 4 nitrogen and oxygen atoms in total. The predicted octanol–water partition coefficient (Wildman–Crippen LogP) is 1.22. The maximum Gasteiger partial charge on any atom is 0.324 e. The predicted molar refractivity (Wildman–Crippen MR) is 53.7 cm³/mol. The molecule has 1 N–H and O–H groups in total.